The molecule has 1 amide bonds. The fourth-order valence-electron chi connectivity index (χ4n) is 2.97. The molecule has 0 aliphatic heterocycles. The van der Waals surface area contributed by atoms with Gasteiger partial charge in [-0.1, -0.05) is 51.1 Å². The minimum atomic E-state index is -0.679. The van der Waals surface area contributed by atoms with Crippen LogP contribution in [0.15, 0.2) is 41.2 Å². The number of rotatable bonds is 5. The van der Waals surface area contributed by atoms with Crippen LogP contribution in [0.4, 0.5) is 0 Å². The Morgan fingerprint density at radius 1 is 1.28 bits per heavy atom. The number of nitrogens with zero attached hydrogens (tertiary/aromatic N) is 2. The van der Waals surface area contributed by atoms with Crippen LogP contribution in [-0.4, -0.2) is 15.5 Å². The second kappa shape index (κ2) is 6.80. The smallest absolute Gasteiger partial charge is 0.263 e. The summed E-state index contributed by atoms with van der Waals surface area (Å²) in [5.41, 5.74) is 6.38. The lowest BCUT2D eigenvalue weighted by Crippen LogP contribution is -2.36. The van der Waals surface area contributed by atoms with E-state index in [1.54, 1.807) is 0 Å². The summed E-state index contributed by atoms with van der Waals surface area (Å²) in [6, 6.07) is 11.1. The average Bonchev–Trinajstić information content (AvgIpc) is 3.02. The lowest BCUT2D eigenvalue weighted by atomic mass is 10.1. The number of thiophene rings is 1. The van der Waals surface area contributed by atoms with Gasteiger partial charge in [-0.15, -0.1) is 11.3 Å². The number of aromatic nitrogens is 2. The third-order valence-electron chi connectivity index (χ3n) is 4.23. The van der Waals surface area contributed by atoms with Crippen molar-refractivity contribution in [1.82, 2.24) is 9.55 Å². The molecule has 0 spiro atoms. The van der Waals surface area contributed by atoms with Crippen LogP contribution in [0.25, 0.3) is 20.7 Å². The summed E-state index contributed by atoms with van der Waals surface area (Å²) in [5, 5.41) is 0.535. The van der Waals surface area contributed by atoms with Gasteiger partial charge in [-0.05, 0) is 18.1 Å². The van der Waals surface area contributed by atoms with Gasteiger partial charge < -0.3 is 5.73 Å². The molecular formula is C19H21N3O2S. The Morgan fingerprint density at radius 2 is 1.96 bits per heavy atom. The van der Waals surface area contributed by atoms with Crippen molar-refractivity contribution in [2.75, 3.05) is 0 Å². The van der Waals surface area contributed by atoms with Crippen LogP contribution in [0, 0.1) is 0 Å². The number of amides is 1. The van der Waals surface area contributed by atoms with E-state index in [2.05, 4.69) is 0 Å². The summed E-state index contributed by atoms with van der Waals surface area (Å²) in [4.78, 5) is 31.4. The molecule has 1 atom stereocenters. The normalized spacial score (nSPS) is 12.6. The zero-order valence-electron chi connectivity index (χ0n) is 14.5. The molecule has 1 unspecified atom stereocenters. The van der Waals surface area contributed by atoms with Gasteiger partial charge in [-0.3, -0.25) is 14.2 Å². The van der Waals surface area contributed by atoms with Gasteiger partial charge in [0.15, 0.2) is 0 Å². The molecule has 2 heterocycles. The van der Waals surface area contributed by atoms with Gasteiger partial charge in [0.2, 0.25) is 5.91 Å². The summed E-state index contributed by atoms with van der Waals surface area (Å²) in [7, 11) is 0. The fraction of sp³-hybridized carbons (Fsp3) is 0.316. The van der Waals surface area contributed by atoms with Gasteiger partial charge in [-0.25, -0.2) is 4.98 Å². The van der Waals surface area contributed by atoms with Crippen molar-refractivity contribution >= 4 is 27.5 Å². The molecule has 3 rings (SSSR count). The Bertz CT molecular complexity index is 973. The van der Waals surface area contributed by atoms with Gasteiger partial charge in [0, 0.05) is 10.8 Å². The van der Waals surface area contributed by atoms with E-state index in [1.807, 2.05) is 57.2 Å². The molecule has 25 heavy (non-hydrogen) atoms. The molecule has 3 aromatic rings. The molecule has 0 aliphatic rings. The zero-order chi connectivity index (χ0) is 18.1. The molecule has 1 aromatic carbocycles. The van der Waals surface area contributed by atoms with Gasteiger partial charge in [0.05, 0.1) is 5.39 Å². The van der Waals surface area contributed by atoms with E-state index in [1.165, 1.54) is 15.9 Å². The highest BCUT2D eigenvalue weighted by Crippen LogP contribution is 2.32. The van der Waals surface area contributed by atoms with Crippen LogP contribution in [0.3, 0.4) is 0 Å². The quantitative estimate of drug-likeness (QED) is 0.758. The molecule has 6 heteroatoms. The standard InChI is InChI=1S/C19H21N3O2S/c1-4-14(16(20)23)22-17(11(2)3)21-18-13(19(22)24)10-15(25-18)12-8-6-5-7-9-12/h5-11,14H,4H2,1-3H3,(H2,20,23). The van der Waals surface area contributed by atoms with Crippen molar-refractivity contribution < 1.29 is 4.79 Å². The van der Waals surface area contributed by atoms with Gasteiger partial charge in [0.1, 0.15) is 16.7 Å². The number of carbonyl (C=O) groups is 1. The van der Waals surface area contributed by atoms with Crippen molar-refractivity contribution in [1.29, 1.82) is 0 Å². The molecule has 0 saturated carbocycles. The van der Waals surface area contributed by atoms with Crippen LogP contribution in [-0.2, 0) is 4.79 Å². The Hall–Kier alpha value is -2.47. The monoisotopic (exact) mass is 355 g/mol. The van der Waals surface area contributed by atoms with Crippen LogP contribution < -0.4 is 11.3 Å². The highest BCUT2D eigenvalue weighted by molar-refractivity contribution is 7.21. The zero-order valence-corrected chi connectivity index (χ0v) is 15.3. The summed E-state index contributed by atoms with van der Waals surface area (Å²) >= 11 is 1.49. The van der Waals surface area contributed by atoms with E-state index >= 15 is 0 Å². The SMILES string of the molecule is CCC(C(N)=O)n1c(C(C)C)nc2sc(-c3ccccc3)cc2c1=O. The maximum Gasteiger partial charge on any atom is 0.263 e. The Kier molecular flexibility index (Phi) is 4.72. The lowest BCUT2D eigenvalue weighted by molar-refractivity contribution is -0.121. The van der Waals surface area contributed by atoms with Crippen molar-refractivity contribution in [3.8, 4) is 10.4 Å². The Labute approximate surface area is 150 Å². The Morgan fingerprint density at radius 3 is 2.52 bits per heavy atom. The van der Waals surface area contributed by atoms with E-state index in [0.29, 0.717) is 22.5 Å². The van der Waals surface area contributed by atoms with Crippen LogP contribution in [0.5, 0.6) is 0 Å². The maximum atomic E-state index is 13.1. The Balaban J connectivity index is 2.29. The second-order valence-electron chi connectivity index (χ2n) is 6.32. The summed E-state index contributed by atoms with van der Waals surface area (Å²) < 4.78 is 1.48. The average molecular weight is 355 g/mol. The summed E-state index contributed by atoms with van der Waals surface area (Å²) in [6.07, 6.45) is 0.456. The maximum absolute atomic E-state index is 13.1. The van der Waals surface area contributed by atoms with Crippen molar-refractivity contribution in [2.24, 2.45) is 5.73 Å². The van der Waals surface area contributed by atoms with E-state index in [9.17, 15) is 9.59 Å². The fourth-order valence-corrected chi connectivity index (χ4v) is 4.01. The largest absolute Gasteiger partial charge is 0.368 e. The van der Waals surface area contributed by atoms with E-state index < -0.39 is 11.9 Å². The molecule has 0 radical (unpaired) electrons. The topological polar surface area (TPSA) is 78.0 Å². The van der Waals surface area contributed by atoms with E-state index in [-0.39, 0.29) is 11.5 Å². The van der Waals surface area contributed by atoms with Gasteiger partial charge in [-0.2, -0.15) is 0 Å². The second-order valence-corrected chi connectivity index (χ2v) is 7.35. The van der Waals surface area contributed by atoms with Crippen LogP contribution in [0.2, 0.25) is 0 Å². The first-order valence-corrected chi connectivity index (χ1v) is 9.16. The van der Waals surface area contributed by atoms with E-state index in [4.69, 9.17) is 10.7 Å². The van der Waals surface area contributed by atoms with Crippen molar-refractivity contribution in [3.63, 3.8) is 0 Å². The summed E-state index contributed by atoms with van der Waals surface area (Å²) in [5.74, 6) is 0.101. The number of carbonyl (C=O) groups excluding carboxylic acids is 1. The molecule has 130 valence electrons. The van der Waals surface area contributed by atoms with Crippen molar-refractivity contribution in [2.45, 2.75) is 39.2 Å². The third kappa shape index (κ3) is 3.09. The molecule has 0 saturated heterocycles. The van der Waals surface area contributed by atoms with Gasteiger partial charge in [0.25, 0.3) is 5.56 Å². The molecule has 0 aliphatic carbocycles. The first-order chi connectivity index (χ1) is 11.9. The molecule has 5 nitrogen and oxygen atoms in total. The minimum absolute atomic E-state index is 0.00720. The molecule has 2 aromatic heterocycles. The predicted molar refractivity (Wildman–Crippen MR) is 102 cm³/mol. The van der Waals surface area contributed by atoms with Gasteiger partial charge >= 0.3 is 0 Å². The van der Waals surface area contributed by atoms with Crippen LogP contribution in [0.1, 0.15) is 45.0 Å². The number of nitrogens with two attached hydrogens (primary N) is 1. The minimum Gasteiger partial charge on any atom is -0.368 e. The highest BCUT2D eigenvalue weighted by atomic mass is 32.1. The van der Waals surface area contributed by atoms with Crippen molar-refractivity contribution in [3.05, 3.63) is 52.6 Å². The predicted octanol–water partition coefficient (Wildman–Crippen LogP) is 3.68. The molecule has 0 bridgehead atoms. The number of hydrogen-bond donors (Lipinski definition) is 1. The number of benzene rings is 1. The first-order valence-electron chi connectivity index (χ1n) is 8.34. The molecule has 0 fully saturated rings. The number of primary amides is 1. The summed E-state index contributed by atoms with van der Waals surface area (Å²) in [6.45, 7) is 5.77. The molecular weight excluding hydrogens is 334 g/mol. The number of fused-ring (bicyclic) bond motifs is 1. The first kappa shape index (κ1) is 17.4. The lowest BCUT2D eigenvalue weighted by Gasteiger charge is -2.20. The molecule has 2 N–H and O–H groups in total. The van der Waals surface area contributed by atoms with E-state index in [0.717, 1.165) is 10.4 Å². The van der Waals surface area contributed by atoms with Crippen LogP contribution >= 0.6 is 11.3 Å². The number of hydrogen-bond acceptors (Lipinski definition) is 4. The third-order valence-corrected chi connectivity index (χ3v) is 5.30. The highest BCUT2D eigenvalue weighted by Gasteiger charge is 2.24.